The van der Waals surface area contributed by atoms with Crippen molar-refractivity contribution in [2.45, 2.75) is 25.9 Å². The van der Waals surface area contributed by atoms with Crippen LogP contribution in [0, 0.1) is 6.92 Å². The van der Waals surface area contributed by atoms with Crippen LogP contribution >= 0.6 is 11.8 Å². The molecule has 0 fully saturated rings. The minimum Gasteiger partial charge on any atom is -0.480 e. The number of carbonyl (C=O) groups excluding carboxylic acids is 1. The summed E-state index contributed by atoms with van der Waals surface area (Å²) < 4.78 is 0. The van der Waals surface area contributed by atoms with Crippen LogP contribution in [0.5, 0.6) is 0 Å². The van der Waals surface area contributed by atoms with Gasteiger partial charge in [0.15, 0.2) is 0 Å². The third kappa shape index (κ3) is 4.86. The zero-order chi connectivity index (χ0) is 19.1. The van der Waals surface area contributed by atoms with Gasteiger partial charge in [-0.05, 0) is 59.7 Å². The van der Waals surface area contributed by atoms with E-state index in [1.165, 1.54) is 0 Å². The molecule has 2 aromatic rings. The van der Waals surface area contributed by atoms with Crippen LogP contribution in [0.4, 0.5) is 0 Å². The summed E-state index contributed by atoms with van der Waals surface area (Å²) >= 11 is 1.55. The topological polar surface area (TPSA) is 92.4 Å². The first-order chi connectivity index (χ1) is 12.5. The van der Waals surface area contributed by atoms with Gasteiger partial charge < -0.3 is 16.2 Å². The first-order valence-electron chi connectivity index (χ1n) is 8.39. The molecule has 0 aromatic heterocycles. The summed E-state index contributed by atoms with van der Waals surface area (Å²) in [6.45, 7) is 2.34. The Morgan fingerprint density at radius 1 is 1.19 bits per heavy atom. The highest BCUT2D eigenvalue weighted by atomic mass is 32.2. The highest BCUT2D eigenvalue weighted by Gasteiger charge is 2.22. The van der Waals surface area contributed by atoms with E-state index in [1.807, 2.05) is 43.5 Å². The Balaban J connectivity index is 2.40. The van der Waals surface area contributed by atoms with Crippen LogP contribution in [-0.4, -0.2) is 35.0 Å². The summed E-state index contributed by atoms with van der Waals surface area (Å²) in [6.07, 6.45) is 2.28. The van der Waals surface area contributed by atoms with Gasteiger partial charge in [-0.1, -0.05) is 30.3 Å². The van der Waals surface area contributed by atoms with Crippen molar-refractivity contribution in [2.75, 3.05) is 12.0 Å². The molecule has 0 heterocycles. The number of nitrogens with two attached hydrogens (primary N) is 1. The largest absolute Gasteiger partial charge is 0.480 e. The molecule has 1 unspecified atom stereocenters. The maximum Gasteiger partial charge on any atom is 0.326 e. The minimum atomic E-state index is -1.02. The van der Waals surface area contributed by atoms with Gasteiger partial charge in [0.1, 0.15) is 6.04 Å². The second-order valence-corrected chi connectivity index (χ2v) is 7.03. The predicted molar refractivity (Wildman–Crippen MR) is 106 cm³/mol. The van der Waals surface area contributed by atoms with Crippen molar-refractivity contribution in [3.05, 3.63) is 59.2 Å². The Kier molecular flexibility index (Phi) is 7.24. The van der Waals surface area contributed by atoms with E-state index in [4.69, 9.17) is 5.73 Å². The molecule has 6 heteroatoms. The fraction of sp³-hybridized carbons (Fsp3) is 0.300. The van der Waals surface area contributed by atoms with E-state index in [0.717, 1.165) is 22.3 Å². The molecule has 0 aliphatic rings. The van der Waals surface area contributed by atoms with Crippen LogP contribution in [0.15, 0.2) is 42.5 Å². The number of aliphatic carboxylic acids is 1. The van der Waals surface area contributed by atoms with Gasteiger partial charge in [-0.3, -0.25) is 4.79 Å². The molecule has 2 rings (SSSR count). The quantitative estimate of drug-likeness (QED) is 0.662. The van der Waals surface area contributed by atoms with Gasteiger partial charge in [-0.15, -0.1) is 0 Å². The highest BCUT2D eigenvalue weighted by Crippen LogP contribution is 2.28. The van der Waals surface area contributed by atoms with E-state index >= 15 is 0 Å². The summed E-state index contributed by atoms with van der Waals surface area (Å²) in [7, 11) is 0. The maximum atomic E-state index is 12.8. The van der Waals surface area contributed by atoms with E-state index in [2.05, 4.69) is 5.32 Å². The number of amides is 1. The zero-order valence-corrected chi connectivity index (χ0v) is 15.8. The van der Waals surface area contributed by atoms with Gasteiger partial charge in [-0.25, -0.2) is 4.79 Å². The average molecular weight is 372 g/mol. The fourth-order valence-electron chi connectivity index (χ4n) is 2.74. The fourth-order valence-corrected chi connectivity index (χ4v) is 3.21. The summed E-state index contributed by atoms with van der Waals surface area (Å²) in [5.74, 6) is -0.752. The maximum absolute atomic E-state index is 12.8. The number of carboxylic acids is 1. The second-order valence-electron chi connectivity index (χ2n) is 6.04. The molecule has 2 aromatic carbocycles. The number of carbonyl (C=O) groups is 2. The summed E-state index contributed by atoms with van der Waals surface area (Å²) in [5.41, 5.74) is 9.85. The molecule has 1 atom stereocenters. The van der Waals surface area contributed by atoms with Crippen molar-refractivity contribution >= 4 is 23.6 Å². The lowest BCUT2D eigenvalue weighted by atomic mass is 9.93. The standard InChI is InChI=1S/C20H24N2O3S/c1-13-5-3-4-6-15(13)17-11-14(12-21)7-8-16(17)19(23)22-18(20(24)25)9-10-26-2/h3-8,11,18H,9-10,12,21H2,1-2H3,(H,22,23)(H,24,25). The molecule has 1 amide bonds. The van der Waals surface area contributed by atoms with E-state index in [-0.39, 0.29) is 5.91 Å². The first-order valence-corrected chi connectivity index (χ1v) is 9.79. The number of benzene rings is 2. The van der Waals surface area contributed by atoms with E-state index in [1.54, 1.807) is 23.9 Å². The Bertz CT molecular complexity index is 792. The van der Waals surface area contributed by atoms with Crippen molar-refractivity contribution in [2.24, 2.45) is 5.73 Å². The third-order valence-corrected chi connectivity index (χ3v) is 4.86. The lowest BCUT2D eigenvalue weighted by molar-refractivity contribution is -0.139. The molecular weight excluding hydrogens is 348 g/mol. The van der Waals surface area contributed by atoms with Crippen molar-refractivity contribution in [1.82, 2.24) is 5.32 Å². The number of nitrogens with one attached hydrogen (secondary N) is 1. The van der Waals surface area contributed by atoms with Crippen LogP contribution in [-0.2, 0) is 11.3 Å². The van der Waals surface area contributed by atoms with Gasteiger partial charge in [0, 0.05) is 12.1 Å². The number of rotatable bonds is 8. The molecular formula is C20H24N2O3S. The van der Waals surface area contributed by atoms with E-state index in [9.17, 15) is 14.7 Å². The minimum absolute atomic E-state index is 0.367. The number of thioether (sulfide) groups is 1. The number of aryl methyl sites for hydroxylation is 1. The van der Waals surface area contributed by atoms with E-state index in [0.29, 0.717) is 24.3 Å². The Morgan fingerprint density at radius 3 is 2.54 bits per heavy atom. The van der Waals surface area contributed by atoms with Crippen molar-refractivity contribution < 1.29 is 14.7 Å². The van der Waals surface area contributed by atoms with E-state index < -0.39 is 12.0 Å². The third-order valence-electron chi connectivity index (χ3n) is 4.21. The highest BCUT2D eigenvalue weighted by molar-refractivity contribution is 7.98. The van der Waals surface area contributed by atoms with Crippen LogP contribution in [0.2, 0.25) is 0 Å². The van der Waals surface area contributed by atoms with Gasteiger partial charge in [-0.2, -0.15) is 11.8 Å². The van der Waals surface area contributed by atoms with Gasteiger partial charge >= 0.3 is 5.97 Å². The Morgan fingerprint density at radius 2 is 1.92 bits per heavy atom. The molecule has 0 saturated carbocycles. The molecule has 138 valence electrons. The first kappa shape index (κ1) is 20.0. The molecule has 5 nitrogen and oxygen atoms in total. The molecule has 0 bridgehead atoms. The molecule has 0 saturated heterocycles. The Labute approximate surface area is 158 Å². The average Bonchev–Trinajstić information content (AvgIpc) is 2.64. The molecule has 4 N–H and O–H groups in total. The summed E-state index contributed by atoms with van der Waals surface area (Å²) in [4.78, 5) is 24.3. The van der Waals surface area contributed by atoms with Crippen LogP contribution < -0.4 is 11.1 Å². The normalized spacial score (nSPS) is 11.8. The molecule has 0 aliphatic heterocycles. The van der Waals surface area contributed by atoms with Crippen molar-refractivity contribution in [3.63, 3.8) is 0 Å². The van der Waals surface area contributed by atoms with Gasteiger partial charge in [0.25, 0.3) is 5.91 Å². The molecule has 26 heavy (non-hydrogen) atoms. The Hall–Kier alpha value is -2.31. The molecule has 0 spiro atoms. The number of hydrogen-bond acceptors (Lipinski definition) is 4. The van der Waals surface area contributed by atoms with Crippen LogP contribution in [0.25, 0.3) is 11.1 Å². The zero-order valence-electron chi connectivity index (χ0n) is 15.0. The molecule has 0 aliphatic carbocycles. The lowest BCUT2D eigenvalue weighted by Gasteiger charge is -2.17. The summed E-state index contributed by atoms with van der Waals surface area (Å²) in [5, 5.41) is 12.0. The van der Waals surface area contributed by atoms with Gasteiger partial charge in [0.2, 0.25) is 0 Å². The van der Waals surface area contributed by atoms with Crippen LogP contribution in [0.3, 0.4) is 0 Å². The van der Waals surface area contributed by atoms with Crippen LogP contribution in [0.1, 0.15) is 27.9 Å². The SMILES string of the molecule is CSCCC(NC(=O)c1ccc(CN)cc1-c1ccccc1C)C(=O)O. The number of carboxylic acid groups (broad SMARTS) is 1. The summed E-state index contributed by atoms with van der Waals surface area (Å²) in [6, 6.07) is 12.3. The van der Waals surface area contributed by atoms with Crippen molar-refractivity contribution in [1.29, 1.82) is 0 Å². The van der Waals surface area contributed by atoms with Gasteiger partial charge in [0.05, 0.1) is 0 Å². The predicted octanol–water partition coefficient (Wildman–Crippen LogP) is 3.06. The monoisotopic (exact) mass is 372 g/mol. The number of hydrogen-bond donors (Lipinski definition) is 3. The lowest BCUT2D eigenvalue weighted by Crippen LogP contribution is -2.41. The van der Waals surface area contributed by atoms with Crippen molar-refractivity contribution in [3.8, 4) is 11.1 Å². The molecule has 0 radical (unpaired) electrons. The smallest absolute Gasteiger partial charge is 0.326 e. The second kappa shape index (κ2) is 9.40.